The maximum Gasteiger partial charge on any atom is 0.306 e. The van der Waals surface area contributed by atoms with Gasteiger partial charge >= 0.3 is 5.97 Å². The number of carbonyl (C=O) groups excluding carboxylic acids is 2. The van der Waals surface area contributed by atoms with Gasteiger partial charge in [-0.25, -0.2) is 0 Å². The van der Waals surface area contributed by atoms with Crippen molar-refractivity contribution in [2.75, 3.05) is 6.61 Å². The smallest absolute Gasteiger partial charge is 0.306 e. The van der Waals surface area contributed by atoms with Crippen LogP contribution in [0.3, 0.4) is 0 Å². The van der Waals surface area contributed by atoms with Gasteiger partial charge in [-0.05, 0) is 70.6 Å². The molecular formula is C50H95NO5. The molecular weight excluding hydrogens is 695 g/mol. The highest BCUT2D eigenvalue weighted by molar-refractivity contribution is 5.77. The van der Waals surface area contributed by atoms with Crippen molar-refractivity contribution < 1.29 is 24.5 Å². The molecule has 6 heteroatoms. The quantitative estimate of drug-likeness (QED) is 0.0324. The summed E-state index contributed by atoms with van der Waals surface area (Å²) in [7, 11) is 0. The van der Waals surface area contributed by atoms with Crippen LogP contribution in [0.15, 0.2) is 24.3 Å². The third-order valence-electron chi connectivity index (χ3n) is 11.2. The van der Waals surface area contributed by atoms with Crippen molar-refractivity contribution in [1.82, 2.24) is 5.32 Å². The molecule has 0 aromatic heterocycles. The lowest BCUT2D eigenvalue weighted by Gasteiger charge is -2.24. The Kier molecular flexibility index (Phi) is 43.1. The van der Waals surface area contributed by atoms with Crippen LogP contribution in [0.25, 0.3) is 0 Å². The summed E-state index contributed by atoms with van der Waals surface area (Å²) in [6.45, 7) is 6.42. The molecule has 0 aromatic carbocycles. The third-order valence-corrected chi connectivity index (χ3v) is 11.2. The zero-order valence-electron chi connectivity index (χ0n) is 37.5. The summed E-state index contributed by atoms with van der Waals surface area (Å²) in [5.41, 5.74) is 0. The van der Waals surface area contributed by atoms with E-state index in [9.17, 15) is 19.8 Å². The third kappa shape index (κ3) is 39.2. The van der Waals surface area contributed by atoms with Crippen LogP contribution in [0.2, 0.25) is 0 Å². The van der Waals surface area contributed by atoms with Crippen molar-refractivity contribution in [3.63, 3.8) is 0 Å². The maximum absolute atomic E-state index is 13.2. The van der Waals surface area contributed by atoms with Gasteiger partial charge in [0.05, 0.1) is 25.2 Å². The van der Waals surface area contributed by atoms with Gasteiger partial charge in [0.2, 0.25) is 5.91 Å². The number of nitrogens with one attached hydrogen (secondary N) is 1. The number of unbranched alkanes of at least 4 members (excludes halogenated alkanes) is 28. The number of hydrogen-bond donors (Lipinski definition) is 3. The van der Waals surface area contributed by atoms with Crippen LogP contribution in [-0.2, 0) is 14.3 Å². The lowest BCUT2D eigenvalue weighted by Crippen LogP contribution is -2.46. The fourth-order valence-corrected chi connectivity index (χ4v) is 7.49. The second-order valence-corrected chi connectivity index (χ2v) is 16.9. The Morgan fingerprint density at radius 3 is 1.34 bits per heavy atom. The van der Waals surface area contributed by atoms with Crippen LogP contribution < -0.4 is 5.32 Å². The van der Waals surface area contributed by atoms with E-state index in [0.29, 0.717) is 19.3 Å². The Morgan fingerprint density at radius 2 is 0.893 bits per heavy atom. The molecule has 3 N–H and O–H groups in total. The molecule has 0 rings (SSSR count). The van der Waals surface area contributed by atoms with Crippen molar-refractivity contribution in [2.24, 2.45) is 0 Å². The summed E-state index contributed by atoms with van der Waals surface area (Å²) in [6.07, 6.45) is 49.5. The number of aliphatic hydroxyl groups excluding tert-OH is 2. The van der Waals surface area contributed by atoms with Gasteiger partial charge in [-0.2, -0.15) is 0 Å². The first-order valence-electron chi connectivity index (χ1n) is 24.6. The molecule has 0 saturated heterocycles. The highest BCUT2D eigenvalue weighted by Crippen LogP contribution is 2.18. The van der Waals surface area contributed by atoms with Gasteiger partial charge in [-0.1, -0.05) is 199 Å². The van der Waals surface area contributed by atoms with Crippen LogP contribution in [0.4, 0.5) is 0 Å². The standard InChI is InChI=1S/C50H95NO5/c1-4-7-10-13-16-19-22-24-25-26-27-29-32-35-38-41-46(56-50(55)43-40-37-34-31-21-18-15-12-9-6-3)44-49(54)51-47(45-52)48(53)42-39-36-33-30-28-23-20-17-14-11-8-5-2/h12,15,24-25,46-48,52-53H,4-11,13-14,16-23,26-45H2,1-3H3,(H,51,54)/b15-12-,25-24+. The molecule has 0 fully saturated rings. The minimum Gasteiger partial charge on any atom is -0.462 e. The van der Waals surface area contributed by atoms with E-state index >= 15 is 0 Å². The number of aliphatic hydroxyl groups is 2. The second-order valence-electron chi connectivity index (χ2n) is 16.9. The summed E-state index contributed by atoms with van der Waals surface area (Å²) < 4.78 is 5.90. The largest absolute Gasteiger partial charge is 0.462 e. The Hall–Kier alpha value is -1.66. The number of rotatable bonds is 44. The predicted octanol–water partition coefficient (Wildman–Crippen LogP) is 14.3. The topological polar surface area (TPSA) is 95.9 Å². The molecule has 0 aliphatic carbocycles. The normalized spacial score (nSPS) is 13.4. The molecule has 0 saturated carbocycles. The first kappa shape index (κ1) is 54.3. The molecule has 0 aromatic rings. The van der Waals surface area contributed by atoms with Crippen molar-refractivity contribution in [2.45, 2.75) is 277 Å². The maximum atomic E-state index is 13.2. The number of amides is 1. The fraction of sp³-hybridized carbons (Fsp3) is 0.880. The van der Waals surface area contributed by atoms with E-state index in [2.05, 4.69) is 50.4 Å². The number of carbonyl (C=O) groups is 2. The molecule has 0 heterocycles. The molecule has 56 heavy (non-hydrogen) atoms. The SMILES string of the molecule is CCC/C=C\CCCCCCCC(=O)OC(CCCCCCC/C=C/CCCCCCCC)CC(=O)NC(CO)C(O)CCCCCCCCCCCCCC. The fourth-order valence-electron chi connectivity index (χ4n) is 7.49. The van der Waals surface area contributed by atoms with E-state index in [1.54, 1.807) is 0 Å². The average molecular weight is 790 g/mol. The van der Waals surface area contributed by atoms with Crippen molar-refractivity contribution in [3.8, 4) is 0 Å². The van der Waals surface area contributed by atoms with E-state index in [-0.39, 0.29) is 24.9 Å². The lowest BCUT2D eigenvalue weighted by molar-refractivity contribution is -0.151. The average Bonchev–Trinajstić information content (AvgIpc) is 3.19. The van der Waals surface area contributed by atoms with Gasteiger partial charge < -0.3 is 20.3 Å². The number of hydrogen-bond acceptors (Lipinski definition) is 5. The summed E-state index contributed by atoms with van der Waals surface area (Å²) in [4.78, 5) is 26.0. The molecule has 3 unspecified atom stereocenters. The Balaban J connectivity index is 4.57. The molecule has 0 spiro atoms. The van der Waals surface area contributed by atoms with Crippen molar-refractivity contribution in [3.05, 3.63) is 24.3 Å². The molecule has 0 bridgehead atoms. The number of allylic oxidation sites excluding steroid dienone is 4. The van der Waals surface area contributed by atoms with Crippen molar-refractivity contribution >= 4 is 11.9 Å². The highest BCUT2D eigenvalue weighted by Gasteiger charge is 2.24. The summed E-state index contributed by atoms with van der Waals surface area (Å²) in [5.74, 6) is -0.486. The van der Waals surface area contributed by atoms with Gasteiger partial charge in [0.1, 0.15) is 6.10 Å². The lowest BCUT2D eigenvalue weighted by atomic mass is 10.0. The summed E-state index contributed by atoms with van der Waals surface area (Å²) in [6, 6.07) is -0.700. The summed E-state index contributed by atoms with van der Waals surface area (Å²) in [5, 5.41) is 23.7. The number of esters is 1. The van der Waals surface area contributed by atoms with Gasteiger partial charge in [0.15, 0.2) is 0 Å². The van der Waals surface area contributed by atoms with E-state index in [1.807, 2.05) is 0 Å². The zero-order valence-corrected chi connectivity index (χ0v) is 37.5. The van der Waals surface area contributed by atoms with Crippen molar-refractivity contribution in [1.29, 1.82) is 0 Å². The monoisotopic (exact) mass is 790 g/mol. The first-order chi connectivity index (χ1) is 27.5. The van der Waals surface area contributed by atoms with Crippen LogP contribution in [0.5, 0.6) is 0 Å². The molecule has 330 valence electrons. The summed E-state index contributed by atoms with van der Waals surface area (Å²) >= 11 is 0. The molecule has 6 nitrogen and oxygen atoms in total. The predicted molar refractivity (Wildman–Crippen MR) is 241 cm³/mol. The minimum atomic E-state index is -0.786. The van der Waals surface area contributed by atoms with E-state index in [1.165, 1.54) is 141 Å². The van der Waals surface area contributed by atoms with Crippen LogP contribution in [0.1, 0.15) is 258 Å². The molecule has 1 amide bonds. The molecule has 0 radical (unpaired) electrons. The Morgan fingerprint density at radius 1 is 0.500 bits per heavy atom. The van der Waals surface area contributed by atoms with Crippen LogP contribution in [-0.4, -0.2) is 46.9 Å². The molecule has 3 atom stereocenters. The molecule has 0 aliphatic heterocycles. The Bertz CT molecular complexity index is 889. The zero-order chi connectivity index (χ0) is 41.0. The van der Waals surface area contributed by atoms with Crippen LogP contribution >= 0.6 is 0 Å². The Labute approximate surface area is 348 Å². The highest BCUT2D eigenvalue weighted by atomic mass is 16.5. The number of ether oxygens (including phenoxy) is 1. The minimum absolute atomic E-state index is 0.0719. The van der Waals surface area contributed by atoms with Gasteiger partial charge in [-0.15, -0.1) is 0 Å². The van der Waals surface area contributed by atoms with E-state index in [0.717, 1.165) is 70.6 Å². The second kappa shape index (κ2) is 44.4. The van der Waals surface area contributed by atoms with Gasteiger partial charge in [-0.3, -0.25) is 9.59 Å². The van der Waals surface area contributed by atoms with E-state index in [4.69, 9.17) is 4.74 Å². The van der Waals surface area contributed by atoms with Gasteiger partial charge in [0.25, 0.3) is 0 Å². The van der Waals surface area contributed by atoms with Crippen LogP contribution in [0, 0.1) is 0 Å². The van der Waals surface area contributed by atoms with Gasteiger partial charge in [0, 0.05) is 6.42 Å². The van der Waals surface area contributed by atoms with E-state index < -0.39 is 18.2 Å². The molecule has 0 aliphatic rings. The first-order valence-corrected chi connectivity index (χ1v) is 24.6.